The number of likely N-dealkylation sites (tertiary alicyclic amines) is 1. The van der Waals surface area contributed by atoms with Crippen LogP contribution in [0.1, 0.15) is 36.2 Å². The Kier molecular flexibility index (Phi) is 6.55. The van der Waals surface area contributed by atoms with Crippen LogP contribution in [0.3, 0.4) is 0 Å². The van der Waals surface area contributed by atoms with Crippen molar-refractivity contribution in [2.24, 2.45) is 0 Å². The van der Waals surface area contributed by atoms with Crippen LogP contribution >= 0.6 is 11.6 Å². The number of carbonyl (C=O) groups excluding carboxylic acids is 3. The van der Waals surface area contributed by atoms with Gasteiger partial charge >= 0.3 is 0 Å². The number of fused-ring (bicyclic) bond motifs is 1. The number of rotatable bonds is 6. The molecule has 35 heavy (non-hydrogen) atoms. The third-order valence-corrected chi connectivity index (χ3v) is 6.44. The number of nitrogens with one attached hydrogen (secondary N) is 1. The number of phenolic OH excluding ortho intramolecular Hbond substituents is 1. The zero-order chi connectivity index (χ0) is 25.5. The first-order valence-electron chi connectivity index (χ1n) is 11.0. The van der Waals surface area contributed by atoms with Crippen LogP contribution in [0.4, 0.5) is 8.78 Å². The average Bonchev–Trinajstić information content (AvgIpc) is 3.31. The van der Waals surface area contributed by atoms with Crippen molar-refractivity contribution >= 4 is 40.1 Å². The number of aromatic hydroxyl groups is 1. The zero-order valence-corrected chi connectivity index (χ0v) is 19.9. The van der Waals surface area contributed by atoms with Crippen molar-refractivity contribution in [3.05, 3.63) is 64.6 Å². The molecular weight excluding hydrogens is 480 g/mol. The molecule has 2 N–H and O–H groups in total. The number of aromatic nitrogens is 1. The molecular formula is C25H24ClF2N3O4. The third kappa shape index (κ3) is 5.00. The van der Waals surface area contributed by atoms with E-state index in [9.17, 15) is 28.3 Å². The molecule has 0 saturated carbocycles. The summed E-state index contributed by atoms with van der Waals surface area (Å²) >= 11 is 5.78. The number of amides is 2. The molecule has 7 nitrogen and oxygen atoms in total. The molecule has 1 aliphatic rings. The number of phenols is 1. The molecule has 1 saturated heterocycles. The van der Waals surface area contributed by atoms with Gasteiger partial charge in [-0.1, -0.05) is 23.7 Å². The van der Waals surface area contributed by atoms with Crippen LogP contribution in [0.5, 0.6) is 5.75 Å². The molecule has 0 spiro atoms. The van der Waals surface area contributed by atoms with E-state index < -0.39 is 29.3 Å². The molecule has 1 fully saturated rings. The van der Waals surface area contributed by atoms with E-state index in [1.807, 2.05) is 0 Å². The first-order valence-corrected chi connectivity index (χ1v) is 11.4. The number of Topliss-reactive ketones (excluding diaryl/α,β-unsaturated/α-hetero) is 1. The van der Waals surface area contributed by atoms with Crippen LogP contribution in [-0.2, 0) is 22.7 Å². The van der Waals surface area contributed by atoms with E-state index in [0.717, 1.165) is 0 Å². The van der Waals surface area contributed by atoms with Crippen molar-refractivity contribution < 1.29 is 28.3 Å². The molecule has 1 aliphatic heterocycles. The van der Waals surface area contributed by atoms with Gasteiger partial charge in [-0.15, -0.1) is 0 Å². The summed E-state index contributed by atoms with van der Waals surface area (Å²) in [5.41, 5.74) is -0.739. The topological polar surface area (TPSA) is 91.6 Å². The van der Waals surface area contributed by atoms with Crippen LogP contribution in [0, 0.1) is 5.82 Å². The van der Waals surface area contributed by atoms with Gasteiger partial charge in [0.2, 0.25) is 11.8 Å². The van der Waals surface area contributed by atoms with Crippen LogP contribution in [0.2, 0.25) is 5.02 Å². The first kappa shape index (κ1) is 24.7. The van der Waals surface area contributed by atoms with Crippen LogP contribution in [-0.4, -0.2) is 50.4 Å². The lowest BCUT2D eigenvalue weighted by atomic mass is 10.0. The summed E-state index contributed by atoms with van der Waals surface area (Å²) in [4.78, 5) is 39.4. The largest absolute Gasteiger partial charge is 0.508 e. The van der Waals surface area contributed by atoms with Gasteiger partial charge in [0.05, 0.1) is 11.6 Å². The number of hydrogen-bond donors (Lipinski definition) is 2. The monoisotopic (exact) mass is 503 g/mol. The molecule has 2 aromatic carbocycles. The maximum atomic E-state index is 14.9. The Hall–Kier alpha value is -3.46. The van der Waals surface area contributed by atoms with Crippen molar-refractivity contribution in [1.82, 2.24) is 14.8 Å². The van der Waals surface area contributed by atoms with Crippen molar-refractivity contribution in [3.63, 3.8) is 0 Å². The SMILES string of the molecule is CC(=O)c1cn(CC(=O)N2C[C@](C)(F)C[C@H]2C(=O)NCc2cccc(Cl)c2F)c2ccc(O)cc12. The van der Waals surface area contributed by atoms with E-state index in [1.165, 1.54) is 53.8 Å². The normalized spacial score (nSPS) is 19.8. The Morgan fingerprint density at radius 1 is 1.26 bits per heavy atom. The van der Waals surface area contributed by atoms with E-state index in [0.29, 0.717) is 16.5 Å². The summed E-state index contributed by atoms with van der Waals surface area (Å²) in [7, 11) is 0. The molecule has 0 aliphatic carbocycles. The predicted octanol–water partition coefficient (Wildman–Crippen LogP) is 3.99. The highest BCUT2D eigenvalue weighted by Gasteiger charge is 2.46. The number of ketones is 1. The number of nitrogens with zero attached hydrogens (tertiary/aromatic N) is 2. The fourth-order valence-electron chi connectivity index (χ4n) is 4.46. The molecule has 2 atom stereocenters. The summed E-state index contributed by atoms with van der Waals surface area (Å²) in [5.74, 6) is -2.04. The molecule has 2 amide bonds. The Balaban J connectivity index is 1.55. The number of carbonyl (C=O) groups is 3. The Labute approximate surface area is 205 Å². The highest BCUT2D eigenvalue weighted by Crippen LogP contribution is 2.32. The maximum Gasteiger partial charge on any atom is 0.243 e. The lowest BCUT2D eigenvalue weighted by Crippen LogP contribution is -2.46. The summed E-state index contributed by atoms with van der Waals surface area (Å²) in [5, 5.41) is 12.8. The summed E-state index contributed by atoms with van der Waals surface area (Å²) in [6.45, 7) is 2.01. The number of benzene rings is 2. The van der Waals surface area contributed by atoms with Gasteiger partial charge in [0.25, 0.3) is 0 Å². The first-order chi connectivity index (χ1) is 16.5. The smallest absolute Gasteiger partial charge is 0.243 e. The summed E-state index contributed by atoms with van der Waals surface area (Å²) in [6, 6.07) is 7.78. The Morgan fingerprint density at radius 3 is 2.71 bits per heavy atom. The molecule has 2 heterocycles. The Morgan fingerprint density at radius 2 is 2.00 bits per heavy atom. The molecule has 0 bridgehead atoms. The van der Waals surface area contributed by atoms with Crippen molar-refractivity contribution in [1.29, 1.82) is 0 Å². The predicted molar refractivity (Wildman–Crippen MR) is 126 cm³/mol. The Bertz CT molecular complexity index is 1340. The van der Waals surface area contributed by atoms with Gasteiger partial charge in [-0.25, -0.2) is 8.78 Å². The second kappa shape index (κ2) is 9.30. The highest BCUT2D eigenvalue weighted by atomic mass is 35.5. The van der Waals surface area contributed by atoms with E-state index in [-0.39, 0.29) is 48.2 Å². The van der Waals surface area contributed by atoms with Crippen molar-refractivity contribution in [2.75, 3.05) is 6.54 Å². The fraction of sp³-hybridized carbons (Fsp3) is 0.320. The van der Waals surface area contributed by atoms with Gasteiger partial charge in [0.1, 0.15) is 29.8 Å². The molecule has 0 radical (unpaired) electrons. The number of hydrogen-bond acceptors (Lipinski definition) is 4. The standard InChI is InChI=1S/C25H24ClF2N3O4/c1-14(32)18-11-30(20-7-6-16(33)8-17(18)20)12-22(34)31-13-25(2,28)9-21(31)24(35)29-10-15-4-3-5-19(26)23(15)27/h3-8,11,21,33H,9-10,12-13H2,1-2H3,(H,29,35)/t21-,25+/m0/s1. The van der Waals surface area contributed by atoms with E-state index in [2.05, 4.69) is 5.32 Å². The second-order valence-electron chi connectivity index (χ2n) is 9.01. The van der Waals surface area contributed by atoms with E-state index in [4.69, 9.17) is 11.6 Å². The highest BCUT2D eigenvalue weighted by molar-refractivity contribution is 6.30. The van der Waals surface area contributed by atoms with Crippen LogP contribution in [0.25, 0.3) is 10.9 Å². The van der Waals surface area contributed by atoms with E-state index >= 15 is 0 Å². The minimum absolute atomic E-state index is 0.0234. The molecule has 4 rings (SSSR count). The molecule has 1 aromatic heterocycles. The van der Waals surface area contributed by atoms with Gasteiger partial charge in [-0.3, -0.25) is 14.4 Å². The number of halogens is 3. The summed E-state index contributed by atoms with van der Waals surface area (Å²) in [6.07, 6.45) is 1.30. The third-order valence-electron chi connectivity index (χ3n) is 6.15. The molecule has 10 heteroatoms. The van der Waals surface area contributed by atoms with E-state index in [1.54, 1.807) is 12.1 Å². The quantitative estimate of drug-likeness (QED) is 0.498. The molecule has 184 valence electrons. The van der Waals surface area contributed by atoms with Gasteiger partial charge in [-0.2, -0.15) is 0 Å². The van der Waals surface area contributed by atoms with Crippen LogP contribution in [0.15, 0.2) is 42.6 Å². The average molecular weight is 504 g/mol. The van der Waals surface area contributed by atoms with Gasteiger partial charge < -0.3 is 19.9 Å². The van der Waals surface area contributed by atoms with Gasteiger partial charge in [0, 0.05) is 41.2 Å². The number of alkyl halides is 1. The lowest BCUT2D eigenvalue weighted by molar-refractivity contribution is -0.139. The van der Waals surface area contributed by atoms with Gasteiger partial charge in [0.15, 0.2) is 5.78 Å². The second-order valence-corrected chi connectivity index (χ2v) is 9.42. The maximum absolute atomic E-state index is 14.9. The minimum Gasteiger partial charge on any atom is -0.508 e. The minimum atomic E-state index is -1.78. The van der Waals surface area contributed by atoms with Crippen molar-refractivity contribution in [2.45, 2.75) is 45.1 Å². The fourth-order valence-corrected chi connectivity index (χ4v) is 4.65. The zero-order valence-electron chi connectivity index (χ0n) is 19.1. The molecule has 0 unspecified atom stereocenters. The molecule has 3 aromatic rings. The summed E-state index contributed by atoms with van der Waals surface area (Å²) < 4.78 is 30.6. The lowest BCUT2D eigenvalue weighted by Gasteiger charge is -2.24. The van der Waals surface area contributed by atoms with Crippen molar-refractivity contribution in [3.8, 4) is 5.75 Å². The van der Waals surface area contributed by atoms with Crippen LogP contribution < -0.4 is 5.32 Å². The van der Waals surface area contributed by atoms with Gasteiger partial charge in [-0.05, 0) is 38.1 Å².